The molecule has 0 aromatic heterocycles. The Bertz CT molecular complexity index is 458. The lowest BCUT2D eigenvalue weighted by molar-refractivity contribution is -0.124. The number of nitriles is 1. The maximum absolute atomic E-state index is 11.6. The molecule has 0 aliphatic heterocycles. The third-order valence-corrected chi connectivity index (χ3v) is 2.40. The fourth-order valence-electron chi connectivity index (χ4n) is 1.40. The van der Waals surface area contributed by atoms with Crippen molar-refractivity contribution in [3.63, 3.8) is 0 Å². The second-order valence-electron chi connectivity index (χ2n) is 3.92. The summed E-state index contributed by atoms with van der Waals surface area (Å²) in [5, 5.41) is 8.43. The summed E-state index contributed by atoms with van der Waals surface area (Å²) < 4.78 is 0. The van der Waals surface area contributed by atoms with Gasteiger partial charge >= 0.3 is 0 Å². The summed E-state index contributed by atoms with van der Waals surface area (Å²) in [7, 11) is 1.69. The van der Waals surface area contributed by atoms with E-state index in [9.17, 15) is 4.79 Å². The van der Waals surface area contributed by atoms with Gasteiger partial charge in [-0.25, -0.2) is 0 Å². The maximum atomic E-state index is 11.6. The van der Waals surface area contributed by atoms with E-state index in [4.69, 9.17) is 5.26 Å². The van der Waals surface area contributed by atoms with Gasteiger partial charge in [0.05, 0.1) is 12.5 Å². The zero-order chi connectivity index (χ0) is 12.7. The van der Waals surface area contributed by atoms with E-state index in [0.29, 0.717) is 13.0 Å². The smallest absolute Gasteiger partial charge is 0.246 e. The van der Waals surface area contributed by atoms with E-state index in [-0.39, 0.29) is 5.91 Å². The second kappa shape index (κ2) is 6.49. The lowest BCUT2D eigenvalue weighted by Crippen LogP contribution is -2.25. The molecular weight excluding hydrogens is 212 g/mol. The van der Waals surface area contributed by atoms with E-state index in [1.165, 1.54) is 11.0 Å². The van der Waals surface area contributed by atoms with Gasteiger partial charge in [0.15, 0.2) is 0 Å². The average molecular weight is 228 g/mol. The fraction of sp³-hybridized carbons (Fsp3) is 0.286. The standard InChI is InChI=1S/C14H16N2O/c1-12-5-3-6-13(11-12)7-8-14(17)16(2)10-4-9-15/h3,5-8,11H,4,10H2,1-2H3/b8-7+. The summed E-state index contributed by atoms with van der Waals surface area (Å²) in [4.78, 5) is 13.2. The van der Waals surface area contributed by atoms with Crippen LogP contribution in [-0.4, -0.2) is 24.4 Å². The highest BCUT2D eigenvalue weighted by atomic mass is 16.2. The fourth-order valence-corrected chi connectivity index (χ4v) is 1.40. The number of carbonyl (C=O) groups is 1. The van der Waals surface area contributed by atoms with Crippen LogP contribution in [0.4, 0.5) is 0 Å². The van der Waals surface area contributed by atoms with Crippen LogP contribution < -0.4 is 0 Å². The van der Waals surface area contributed by atoms with Crippen LogP contribution in [-0.2, 0) is 4.79 Å². The van der Waals surface area contributed by atoms with Crippen LogP contribution in [0.5, 0.6) is 0 Å². The first-order chi connectivity index (χ1) is 8.13. The molecule has 17 heavy (non-hydrogen) atoms. The number of hydrogen-bond donors (Lipinski definition) is 0. The van der Waals surface area contributed by atoms with E-state index < -0.39 is 0 Å². The zero-order valence-electron chi connectivity index (χ0n) is 10.2. The maximum Gasteiger partial charge on any atom is 0.246 e. The van der Waals surface area contributed by atoms with Crippen molar-refractivity contribution in [1.82, 2.24) is 4.90 Å². The highest BCUT2D eigenvalue weighted by Gasteiger charge is 2.03. The molecule has 1 rings (SSSR count). The van der Waals surface area contributed by atoms with Gasteiger partial charge in [-0.2, -0.15) is 5.26 Å². The quantitative estimate of drug-likeness (QED) is 0.743. The molecule has 0 unspecified atom stereocenters. The summed E-state index contributed by atoms with van der Waals surface area (Å²) in [5.41, 5.74) is 2.17. The molecule has 3 heteroatoms. The molecule has 3 nitrogen and oxygen atoms in total. The SMILES string of the molecule is Cc1cccc(/C=C/C(=O)N(C)CCC#N)c1. The van der Waals surface area contributed by atoms with Crippen molar-refractivity contribution in [2.24, 2.45) is 0 Å². The van der Waals surface area contributed by atoms with Gasteiger partial charge in [0.25, 0.3) is 0 Å². The lowest BCUT2D eigenvalue weighted by Gasteiger charge is -2.12. The molecule has 0 aliphatic rings. The Kier molecular flexibility index (Phi) is 4.96. The van der Waals surface area contributed by atoms with Crippen molar-refractivity contribution < 1.29 is 4.79 Å². The largest absolute Gasteiger partial charge is 0.341 e. The van der Waals surface area contributed by atoms with Gasteiger partial charge in [0.1, 0.15) is 0 Å². The Morgan fingerprint density at radius 3 is 2.94 bits per heavy atom. The molecule has 1 aromatic rings. The predicted molar refractivity (Wildman–Crippen MR) is 68.1 cm³/mol. The molecule has 0 N–H and O–H groups in total. The molecule has 88 valence electrons. The molecule has 0 aliphatic carbocycles. The summed E-state index contributed by atoms with van der Waals surface area (Å²) >= 11 is 0. The van der Waals surface area contributed by atoms with E-state index in [1.807, 2.05) is 37.3 Å². The molecular formula is C14H16N2O. The molecule has 0 fully saturated rings. The number of aryl methyl sites for hydroxylation is 1. The first-order valence-electron chi connectivity index (χ1n) is 5.50. The minimum absolute atomic E-state index is 0.0817. The third kappa shape index (κ3) is 4.52. The van der Waals surface area contributed by atoms with Gasteiger partial charge in [0.2, 0.25) is 5.91 Å². The topological polar surface area (TPSA) is 44.1 Å². The summed E-state index contributed by atoms with van der Waals surface area (Å²) in [6, 6.07) is 9.95. The Morgan fingerprint density at radius 1 is 1.53 bits per heavy atom. The highest BCUT2D eigenvalue weighted by molar-refractivity contribution is 5.91. The van der Waals surface area contributed by atoms with Gasteiger partial charge in [-0.05, 0) is 18.6 Å². The second-order valence-corrected chi connectivity index (χ2v) is 3.92. The number of nitrogens with zero attached hydrogens (tertiary/aromatic N) is 2. The van der Waals surface area contributed by atoms with Gasteiger partial charge in [-0.3, -0.25) is 4.79 Å². The van der Waals surface area contributed by atoms with Gasteiger partial charge in [-0.15, -0.1) is 0 Å². The van der Waals surface area contributed by atoms with Crippen LogP contribution in [0.2, 0.25) is 0 Å². The minimum Gasteiger partial charge on any atom is -0.341 e. The molecule has 1 amide bonds. The Morgan fingerprint density at radius 2 is 2.29 bits per heavy atom. The van der Waals surface area contributed by atoms with Crippen LogP contribution in [0.3, 0.4) is 0 Å². The van der Waals surface area contributed by atoms with E-state index >= 15 is 0 Å². The van der Waals surface area contributed by atoms with Crippen LogP contribution in [0, 0.1) is 18.3 Å². The molecule has 0 atom stereocenters. The van der Waals surface area contributed by atoms with Gasteiger partial charge in [0, 0.05) is 19.7 Å². The van der Waals surface area contributed by atoms with Crippen molar-refractivity contribution in [2.45, 2.75) is 13.3 Å². The van der Waals surface area contributed by atoms with Gasteiger partial charge < -0.3 is 4.90 Å². The van der Waals surface area contributed by atoms with Crippen molar-refractivity contribution >= 4 is 12.0 Å². The number of hydrogen-bond acceptors (Lipinski definition) is 2. The highest BCUT2D eigenvalue weighted by Crippen LogP contribution is 2.06. The lowest BCUT2D eigenvalue weighted by atomic mass is 10.1. The van der Waals surface area contributed by atoms with Crippen molar-refractivity contribution in [2.75, 3.05) is 13.6 Å². The molecule has 0 spiro atoms. The van der Waals surface area contributed by atoms with Crippen LogP contribution in [0.1, 0.15) is 17.5 Å². The van der Waals surface area contributed by atoms with Crippen LogP contribution in [0.25, 0.3) is 6.08 Å². The summed E-state index contributed by atoms with van der Waals surface area (Å²) in [6.45, 7) is 2.48. The molecule has 1 aromatic carbocycles. The van der Waals surface area contributed by atoms with Crippen molar-refractivity contribution in [1.29, 1.82) is 5.26 Å². The number of likely N-dealkylation sites (N-methyl/N-ethyl adjacent to an activating group) is 1. The summed E-state index contributed by atoms with van der Waals surface area (Å²) in [5.74, 6) is -0.0817. The Hall–Kier alpha value is -2.08. The molecule has 0 saturated carbocycles. The number of amides is 1. The molecule has 0 heterocycles. The monoisotopic (exact) mass is 228 g/mol. The number of rotatable bonds is 4. The van der Waals surface area contributed by atoms with Crippen LogP contribution in [0.15, 0.2) is 30.3 Å². The first-order valence-corrected chi connectivity index (χ1v) is 5.50. The van der Waals surface area contributed by atoms with E-state index in [0.717, 1.165) is 11.1 Å². The average Bonchev–Trinajstić information content (AvgIpc) is 2.33. The molecule has 0 saturated heterocycles. The zero-order valence-corrected chi connectivity index (χ0v) is 10.2. The van der Waals surface area contributed by atoms with Gasteiger partial charge in [-0.1, -0.05) is 29.8 Å². The van der Waals surface area contributed by atoms with Crippen LogP contribution >= 0.6 is 0 Å². The first kappa shape index (κ1) is 13.0. The Labute approximate surface area is 102 Å². The normalized spacial score (nSPS) is 10.2. The van der Waals surface area contributed by atoms with E-state index in [2.05, 4.69) is 0 Å². The third-order valence-electron chi connectivity index (χ3n) is 2.40. The predicted octanol–water partition coefficient (Wildman–Crippen LogP) is 2.38. The number of carbonyl (C=O) groups excluding carboxylic acids is 1. The van der Waals surface area contributed by atoms with E-state index in [1.54, 1.807) is 13.1 Å². The minimum atomic E-state index is -0.0817. The number of benzene rings is 1. The molecule has 0 bridgehead atoms. The van der Waals surface area contributed by atoms with Crippen molar-refractivity contribution in [3.05, 3.63) is 41.5 Å². The Balaban J connectivity index is 2.59. The molecule has 0 radical (unpaired) electrons. The summed E-state index contributed by atoms with van der Waals surface area (Å²) in [6.07, 6.45) is 3.69. The van der Waals surface area contributed by atoms with Crippen molar-refractivity contribution in [3.8, 4) is 6.07 Å².